The molecule has 6 heteroatoms. The Kier molecular flexibility index (Phi) is 5.08. The number of carbonyl (C=O) groups excluding carboxylic acids is 1. The first-order valence-corrected chi connectivity index (χ1v) is 8.86. The van der Waals surface area contributed by atoms with Crippen LogP contribution in [0.25, 0.3) is 10.2 Å². The molecule has 3 aromatic rings. The van der Waals surface area contributed by atoms with Crippen LogP contribution in [-0.4, -0.2) is 24.0 Å². The van der Waals surface area contributed by atoms with E-state index in [1.165, 1.54) is 4.70 Å². The molecular formula is C19H19N4OS+. The summed E-state index contributed by atoms with van der Waals surface area (Å²) in [5, 5.41) is 12.7. The molecule has 0 spiro atoms. The zero-order valence-corrected chi connectivity index (χ0v) is 14.9. The quantitative estimate of drug-likeness (QED) is 0.740. The number of quaternary nitrogens is 1. The Morgan fingerprint density at radius 2 is 2.00 bits per heavy atom. The van der Waals surface area contributed by atoms with Crippen molar-refractivity contribution < 1.29 is 9.69 Å². The average molecular weight is 351 g/mol. The van der Waals surface area contributed by atoms with Crippen LogP contribution in [0, 0.1) is 11.3 Å². The van der Waals surface area contributed by atoms with Gasteiger partial charge in [-0.05, 0) is 43.3 Å². The monoisotopic (exact) mass is 351 g/mol. The van der Waals surface area contributed by atoms with Gasteiger partial charge in [0.1, 0.15) is 11.6 Å². The molecule has 1 amide bonds. The number of aromatic nitrogens is 1. The molecule has 25 heavy (non-hydrogen) atoms. The van der Waals surface area contributed by atoms with Gasteiger partial charge in [0.05, 0.1) is 28.9 Å². The van der Waals surface area contributed by atoms with E-state index in [0.717, 1.165) is 15.4 Å². The predicted octanol–water partition coefficient (Wildman–Crippen LogP) is 2.21. The van der Waals surface area contributed by atoms with Crippen LogP contribution in [0.5, 0.6) is 0 Å². The third kappa shape index (κ3) is 4.02. The Balaban J connectivity index is 1.63. The average Bonchev–Trinajstić information content (AvgIpc) is 3.03. The topological polar surface area (TPSA) is 70.2 Å². The van der Waals surface area contributed by atoms with Crippen molar-refractivity contribution in [2.24, 2.45) is 0 Å². The molecule has 1 heterocycles. The molecule has 0 aliphatic heterocycles. The van der Waals surface area contributed by atoms with Crippen LogP contribution in [-0.2, 0) is 11.3 Å². The summed E-state index contributed by atoms with van der Waals surface area (Å²) >= 11 is 1.67. The largest absolute Gasteiger partial charge is 0.322 e. The van der Waals surface area contributed by atoms with Gasteiger partial charge in [-0.15, -0.1) is 11.3 Å². The van der Waals surface area contributed by atoms with E-state index in [0.29, 0.717) is 17.8 Å². The Bertz CT molecular complexity index is 893. The van der Waals surface area contributed by atoms with E-state index >= 15 is 0 Å². The number of nitrogens with zero attached hydrogens (tertiary/aromatic N) is 2. The summed E-state index contributed by atoms with van der Waals surface area (Å²) in [6.07, 6.45) is 0. The fourth-order valence-electron chi connectivity index (χ4n) is 2.49. The minimum atomic E-state index is -0.220. The fraction of sp³-hybridized carbons (Fsp3) is 0.211. The van der Waals surface area contributed by atoms with Crippen molar-refractivity contribution >= 4 is 33.1 Å². The van der Waals surface area contributed by atoms with Gasteiger partial charge in [-0.1, -0.05) is 12.1 Å². The number of nitrogens with one attached hydrogen (secondary N) is 2. The van der Waals surface area contributed by atoms with Gasteiger partial charge in [-0.3, -0.25) is 4.79 Å². The fourth-order valence-corrected chi connectivity index (χ4v) is 3.55. The molecule has 1 unspecified atom stereocenters. The molecule has 2 aromatic carbocycles. The number of benzene rings is 2. The van der Waals surface area contributed by atoms with E-state index in [9.17, 15) is 4.79 Å². The standard InChI is InChI=1S/C19H18N4OS/c1-13(19(24)21-15-9-7-14(11-20)8-10-15)23(2)12-18-22-16-5-3-4-6-17(16)25-18/h3-10,13H,12H2,1-2H3,(H,21,24)/p+1/t13-/m1/s1. The lowest BCUT2D eigenvalue weighted by Gasteiger charge is -2.20. The second kappa shape index (κ2) is 7.43. The lowest BCUT2D eigenvalue weighted by molar-refractivity contribution is -0.907. The van der Waals surface area contributed by atoms with Gasteiger partial charge in [0.25, 0.3) is 5.91 Å². The van der Waals surface area contributed by atoms with E-state index in [4.69, 9.17) is 5.26 Å². The Labute approximate surface area is 150 Å². The number of anilines is 1. The Morgan fingerprint density at radius 3 is 2.68 bits per heavy atom. The highest BCUT2D eigenvalue weighted by Crippen LogP contribution is 2.20. The second-order valence-corrected chi connectivity index (χ2v) is 7.11. The number of para-hydroxylation sites is 1. The van der Waals surface area contributed by atoms with Crippen LogP contribution < -0.4 is 10.2 Å². The van der Waals surface area contributed by atoms with Gasteiger partial charge >= 0.3 is 0 Å². The summed E-state index contributed by atoms with van der Waals surface area (Å²) < 4.78 is 1.17. The number of hydrogen-bond acceptors (Lipinski definition) is 4. The number of rotatable bonds is 5. The maximum atomic E-state index is 12.5. The number of carbonyl (C=O) groups is 1. The maximum absolute atomic E-state index is 12.5. The number of nitriles is 1. The highest BCUT2D eigenvalue weighted by atomic mass is 32.1. The zero-order chi connectivity index (χ0) is 17.8. The smallest absolute Gasteiger partial charge is 0.282 e. The van der Waals surface area contributed by atoms with Crippen molar-refractivity contribution in [1.82, 2.24) is 4.98 Å². The van der Waals surface area contributed by atoms with E-state index in [1.54, 1.807) is 35.6 Å². The van der Waals surface area contributed by atoms with Crippen LogP contribution in [0.3, 0.4) is 0 Å². The van der Waals surface area contributed by atoms with E-state index < -0.39 is 0 Å². The van der Waals surface area contributed by atoms with Crippen LogP contribution in [0.2, 0.25) is 0 Å². The molecule has 0 bridgehead atoms. The normalized spacial score (nSPS) is 13.2. The molecule has 126 valence electrons. The molecule has 0 fully saturated rings. The van der Waals surface area contributed by atoms with Crippen LogP contribution in [0.15, 0.2) is 48.5 Å². The van der Waals surface area contributed by atoms with Crippen molar-refractivity contribution in [3.63, 3.8) is 0 Å². The summed E-state index contributed by atoms with van der Waals surface area (Å²) in [4.78, 5) is 18.2. The third-order valence-electron chi connectivity index (χ3n) is 4.18. The van der Waals surface area contributed by atoms with Gasteiger partial charge < -0.3 is 10.2 Å². The van der Waals surface area contributed by atoms with Crippen molar-refractivity contribution in [1.29, 1.82) is 5.26 Å². The first-order valence-electron chi connectivity index (χ1n) is 8.04. The van der Waals surface area contributed by atoms with Crippen LogP contribution in [0.1, 0.15) is 17.5 Å². The van der Waals surface area contributed by atoms with Gasteiger partial charge in [-0.2, -0.15) is 5.26 Å². The summed E-state index contributed by atoms with van der Waals surface area (Å²) in [5.74, 6) is -0.0525. The van der Waals surface area contributed by atoms with Crippen molar-refractivity contribution in [2.75, 3.05) is 12.4 Å². The molecule has 2 atom stereocenters. The third-order valence-corrected chi connectivity index (χ3v) is 5.22. The molecule has 0 radical (unpaired) electrons. The first-order chi connectivity index (χ1) is 12.1. The van der Waals surface area contributed by atoms with Gasteiger partial charge in [0, 0.05) is 5.69 Å². The molecule has 0 saturated carbocycles. The first kappa shape index (κ1) is 17.1. The van der Waals surface area contributed by atoms with Crippen molar-refractivity contribution in [2.45, 2.75) is 19.5 Å². The molecule has 5 nitrogen and oxygen atoms in total. The van der Waals surface area contributed by atoms with E-state index in [1.807, 2.05) is 32.2 Å². The minimum absolute atomic E-state index is 0.0525. The van der Waals surface area contributed by atoms with Gasteiger partial charge in [-0.25, -0.2) is 4.98 Å². The lowest BCUT2D eigenvalue weighted by Crippen LogP contribution is -3.12. The molecular weight excluding hydrogens is 332 g/mol. The predicted molar refractivity (Wildman–Crippen MR) is 99.5 cm³/mol. The summed E-state index contributed by atoms with van der Waals surface area (Å²) in [5.41, 5.74) is 2.28. The maximum Gasteiger partial charge on any atom is 0.282 e. The highest BCUT2D eigenvalue weighted by Gasteiger charge is 2.23. The number of thiazole rings is 1. The summed E-state index contributed by atoms with van der Waals surface area (Å²) in [6.45, 7) is 2.60. The van der Waals surface area contributed by atoms with Crippen LogP contribution in [0.4, 0.5) is 5.69 Å². The molecule has 1 aromatic heterocycles. The minimum Gasteiger partial charge on any atom is -0.322 e. The van der Waals surface area contributed by atoms with Gasteiger partial charge in [0.2, 0.25) is 0 Å². The zero-order valence-electron chi connectivity index (χ0n) is 14.1. The number of likely N-dealkylation sites (N-methyl/N-ethyl adjacent to an activating group) is 1. The SMILES string of the molecule is C[C@H](C(=O)Nc1ccc(C#N)cc1)[NH+](C)Cc1nc2ccccc2s1. The molecule has 0 saturated heterocycles. The summed E-state index contributed by atoms with van der Waals surface area (Å²) in [7, 11) is 2.00. The highest BCUT2D eigenvalue weighted by molar-refractivity contribution is 7.18. The Hall–Kier alpha value is -2.75. The van der Waals surface area contributed by atoms with Crippen LogP contribution >= 0.6 is 11.3 Å². The number of fused-ring (bicyclic) bond motifs is 1. The van der Waals surface area contributed by atoms with E-state index in [-0.39, 0.29) is 11.9 Å². The Morgan fingerprint density at radius 1 is 1.28 bits per heavy atom. The van der Waals surface area contributed by atoms with Gasteiger partial charge in [0.15, 0.2) is 6.04 Å². The molecule has 0 aliphatic carbocycles. The summed E-state index contributed by atoms with van der Waals surface area (Å²) in [6, 6.07) is 16.8. The molecule has 3 rings (SSSR count). The van der Waals surface area contributed by atoms with E-state index in [2.05, 4.69) is 22.4 Å². The molecule has 0 aliphatic rings. The number of amides is 1. The second-order valence-electron chi connectivity index (χ2n) is 6.00. The van der Waals surface area contributed by atoms with Crippen molar-refractivity contribution in [3.05, 3.63) is 59.1 Å². The number of hydrogen-bond donors (Lipinski definition) is 2. The lowest BCUT2D eigenvalue weighted by atomic mass is 10.2. The molecule has 2 N–H and O–H groups in total. The van der Waals surface area contributed by atoms with Crippen molar-refractivity contribution in [3.8, 4) is 6.07 Å².